The van der Waals surface area contributed by atoms with E-state index in [9.17, 15) is 15.2 Å². The normalized spacial score (nSPS) is 10.9. The Kier molecular flexibility index (Phi) is 3.44. The number of guanidine groups is 2. The molecule has 90 valence electrons. The Bertz CT molecular complexity index is 506. The summed E-state index contributed by atoms with van der Waals surface area (Å²) in [5, 5.41) is 19.9. The van der Waals surface area contributed by atoms with Gasteiger partial charge in [-0.25, -0.2) is 4.99 Å². The summed E-state index contributed by atoms with van der Waals surface area (Å²) in [6, 6.07) is 3.34. The summed E-state index contributed by atoms with van der Waals surface area (Å²) in [6.07, 6.45) is 0. The number of aromatic hydroxyl groups is 1. The average Bonchev–Trinajstić information content (AvgIpc) is 2.19. The smallest absolute Gasteiger partial charge is 0.273 e. The highest BCUT2D eigenvalue weighted by Crippen LogP contribution is 2.30. The van der Waals surface area contributed by atoms with Gasteiger partial charge in [0.25, 0.3) is 5.69 Å². The maximum absolute atomic E-state index is 10.4. The Hall–Kier alpha value is -2.84. The van der Waals surface area contributed by atoms with Gasteiger partial charge in [0.1, 0.15) is 11.4 Å². The first kappa shape index (κ1) is 12.2. The second-order valence-electron chi connectivity index (χ2n) is 2.94. The minimum absolute atomic E-state index is 0.0260. The molecule has 0 spiro atoms. The monoisotopic (exact) mass is 238 g/mol. The van der Waals surface area contributed by atoms with Crippen LogP contribution < -0.4 is 17.2 Å². The molecule has 1 rings (SSSR count). The van der Waals surface area contributed by atoms with E-state index in [1.54, 1.807) is 0 Å². The van der Waals surface area contributed by atoms with E-state index in [1.807, 2.05) is 0 Å². The molecule has 0 aliphatic rings. The molecule has 0 amide bonds. The van der Waals surface area contributed by atoms with Crippen LogP contribution in [0, 0.1) is 10.1 Å². The van der Waals surface area contributed by atoms with Gasteiger partial charge in [-0.1, -0.05) is 0 Å². The Morgan fingerprint density at radius 3 is 2.47 bits per heavy atom. The van der Waals surface area contributed by atoms with Gasteiger partial charge in [-0.3, -0.25) is 10.1 Å². The molecular formula is C8H10N6O3. The SMILES string of the molecule is NC(N)=NC(N)=Nc1ccc([N+](=O)[O-])cc1O. The van der Waals surface area contributed by atoms with Crippen molar-refractivity contribution in [1.82, 2.24) is 0 Å². The second kappa shape index (κ2) is 4.79. The summed E-state index contributed by atoms with van der Waals surface area (Å²) in [5.74, 6) is -0.949. The minimum atomic E-state index is -0.646. The molecule has 0 saturated heterocycles. The number of nitro groups is 1. The van der Waals surface area contributed by atoms with E-state index in [2.05, 4.69) is 9.98 Å². The summed E-state index contributed by atoms with van der Waals surface area (Å²) >= 11 is 0. The van der Waals surface area contributed by atoms with Crippen molar-refractivity contribution in [3.63, 3.8) is 0 Å². The molecule has 9 nitrogen and oxygen atoms in total. The number of hydrogen-bond acceptors (Lipinski definition) is 4. The lowest BCUT2D eigenvalue weighted by atomic mass is 10.2. The van der Waals surface area contributed by atoms with Gasteiger partial charge in [0.15, 0.2) is 5.96 Å². The molecule has 0 aliphatic carbocycles. The minimum Gasteiger partial charge on any atom is -0.505 e. The van der Waals surface area contributed by atoms with Crippen LogP contribution in [-0.2, 0) is 0 Å². The standard InChI is InChI=1S/C8H10N6O3/c9-7(10)13-8(11)12-5-2-1-4(14(16)17)3-6(5)15/h1-3,15H,(H6,9,10,11,12,13). The highest BCUT2D eigenvalue weighted by Gasteiger charge is 2.09. The topological polar surface area (TPSA) is 166 Å². The maximum atomic E-state index is 10.4. The van der Waals surface area contributed by atoms with Crippen molar-refractivity contribution in [2.24, 2.45) is 27.2 Å². The quantitative estimate of drug-likeness (QED) is 0.235. The molecule has 0 aromatic heterocycles. The van der Waals surface area contributed by atoms with Crippen LogP contribution in [0.25, 0.3) is 0 Å². The molecule has 1 aromatic rings. The van der Waals surface area contributed by atoms with Crippen molar-refractivity contribution in [2.75, 3.05) is 0 Å². The third-order valence-electron chi connectivity index (χ3n) is 1.65. The highest BCUT2D eigenvalue weighted by atomic mass is 16.6. The maximum Gasteiger partial charge on any atom is 0.273 e. The van der Waals surface area contributed by atoms with E-state index in [4.69, 9.17) is 17.2 Å². The molecular weight excluding hydrogens is 228 g/mol. The van der Waals surface area contributed by atoms with Gasteiger partial charge >= 0.3 is 0 Å². The van der Waals surface area contributed by atoms with E-state index in [0.717, 1.165) is 6.07 Å². The third kappa shape index (κ3) is 3.34. The molecule has 1 aromatic carbocycles. The van der Waals surface area contributed by atoms with Crippen molar-refractivity contribution >= 4 is 23.3 Å². The van der Waals surface area contributed by atoms with Crippen LogP contribution in [0.2, 0.25) is 0 Å². The molecule has 0 saturated carbocycles. The third-order valence-corrected chi connectivity index (χ3v) is 1.65. The van der Waals surface area contributed by atoms with Crippen molar-refractivity contribution in [3.05, 3.63) is 28.3 Å². The van der Waals surface area contributed by atoms with E-state index in [1.165, 1.54) is 12.1 Å². The molecule has 0 bridgehead atoms. The molecule has 17 heavy (non-hydrogen) atoms. The fraction of sp³-hybridized carbons (Fsp3) is 0. The van der Waals surface area contributed by atoms with Crippen LogP contribution >= 0.6 is 0 Å². The van der Waals surface area contributed by atoms with E-state index >= 15 is 0 Å². The zero-order chi connectivity index (χ0) is 13.0. The molecule has 7 N–H and O–H groups in total. The Morgan fingerprint density at radius 1 is 1.35 bits per heavy atom. The van der Waals surface area contributed by atoms with Crippen LogP contribution in [0.15, 0.2) is 28.2 Å². The van der Waals surface area contributed by atoms with Crippen LogP contribution in [0.5, 0.6) is 5.75 Å². The van der Waals surface area contributed by atoms with Crippen molar-refractivity contribution in [3.8, 4) is 5.75 Å². The van der Waals surface area contributed by atoms with Crippen LogP contribution in [-0.4, -0.2) is 21.9 Å². The number of non-ortho nitro benzene ring substituents is 1. The summed E-state index contributed by atoms with van der Waals surface area (Å²) in [7, 11) is 0. The number of phenolic OH excluding ortho intramolecular Hbond substituents is 1. The molecule has 9 heteroatoms. The van der Waals surface area contributed by atoms with E-state index < -0.39 is 10.7 Å². The van der Waals surface area contributed by atoms with Crippen LogP contribution in [0.4, 0.5) is 11.4 Å². The Labute approximate surface area is 95.4 Å². The zero-order valence-corrected chi connectivity index (χ0v) is 8.57. The molecule has 0 atom stereocenters. The number of nitrogens with zero attached hydrogens (tertiary/aromatic N) is 3. The Morgan fingerprint density at radius 2 is 2.00 bits per heavy atom. The first-order valence-electron chi connectivity index (χ1n) is 4.31. The lowest BCUT2D eigenvalue weighted by Gasteiger charge is -1.99. The number of benzene rings is 1. The summed E-state index contributed by atoms with van der Waals surface area (Å²) in [5.41, 5.74) is 15.2. The summed E-state index contributed by atoms with van der Waals surface area (Å²) < 4.78 is 0. The number of aliphatic imine (C=N–C) groups is 2. The molecule has 0 unspecified atom stereocenters. The number of nitrogens with two attached hydrogens (primary N) is 3. The van der Waals surface area contributed by atoms with Gasteiger partial charge in [0.2, 0.25) is 5.96 Å². The van der Waals surface area contributed by atoms with Gasteiger partial charge in [0, 0.05) is 6.07 Å². The van der Waals surface area contributed by atoms with E-state index in [-0.39, 0.29) is 23.3 Å². The molecule has 0 radical (unpaired) electrons. The first-order chi connectivity index (χ1) is 7.90. The lowest BCUT2D eigenvalue weighted by Crippen LogP contribution is -2.26. The average molecular weight is 238 g/mol. The number of rotatable bonds is 2. The number of nitro benzene ring substituents is 1. The predicted molar refractivity (Wildman–Crippen MR) is 61.9 cm³/mol. The number of hydrogen-bond donors (Lipinski definition) is 4. The lowest BCUT2D eigenvalue weighted by molar-refractivity contribution is -0.384. The van der Waals surface area contributed by atoms with E-state index in [0.29, 0.717) is 0 Å². The van der Waals surface area contributed by atoms with Crippen LogP contribution in [0.1, 0.15) is 0 Å². The van der Waals surface area contributed by atoms with Gasteiger partial charge in [0.05, 0.1) is 11.0 Å². The van der Waals surface area contributed by atoms with Crippen molar-refractivity contribution in [1.29, 1.82) is 0 Å². The fourth-order valence-electron chi connectivity index (χ4n) is 1.00. The predicted octanol–water partition coefficient (Wildman–Crippen LogP) is -0.480. The van der Waals surface area contributed by atoms with Gasteiger partial charge < -0.3 is 22.3 Å². The molecule has 0 fully saturated rings. The first-order valence-corrected chi connectivity index (χ1v) is 4.31. The molecule has 0 aliphatic heterocycles. The van der Waals surface area contributed by atoms with Crippen LogP contribution in [0.3, 0.4) is 0 Å². The number of phenols is 1. The summed E-state index contributed by atoms with van der Waals surface area (Å²) in [6.45, 7) is 0. The summed E-state index contributed by atoms with van der Waals surface area (Å²) in [4.78, 5) is 16.9. The highest BCUT2D eigenvalue weighted by molar-refractivity contribution is 5.93. The second-order valence-corrected chi connectivity index (χ2v) is 2.94. The van der Waals surface area contributed by atoms with Gasteiger partial charge in [-0.2, -0.15) is 4.99 Å². The van der Waals surface area contributed by atoms with Crippen molar-refractivity contribution < 1.29 is 10.0 Å². The van der Waals surface area contributed by atoms with Gasteiger partial charge in [-0.05, 0) is 6.07 Å². The zero-order valence-electron chi connectivity index (χ0n) is 8.57. The van der Waals surface area contributed by atoms with Crippen molar-refractivity contribution in [2.45, 2.75) is 0 Å². The Balaban J connectivity index is 3.09. The van der Waals surface area contributed by atoms with Gasteiger partial charge in [-0.15, -0.1) is 0 Å². The molecule has 0 heterocycles. The largest absolute Gasteiger partial charge is 0.505 e. The fourth-order valence-corrected chi connectivity index (χ4v) is 1.00.